The number of halogens is 1. The summed E-state index contributed by atoms with van der Waals surface area (Å²) >= 11 is 3.38. The molecule has 62 valence electrons. The quantitative estimate of drug-likeness (QED) is 0.553. The zero-order chi connectivity index (χ0) is 8.97. The second-order valence-electron chi connectivity index (χ2n) is 2.37. The Balaban J connectivity index is 2.93. The molecule has 0 aliphatic rings. The number of benzene rings is 1. The zero-order valence-corrected chi connectivity index (χ0v) is 8.39. The van der Waals surface area contributed by atoms with Crippen LogP contribution in [0.4, 0.5) is 0 Å². The third-order valence-electron chi connectivity index (χ3n) is 1.36. The lowest BCUT2D eigenvalue weighted by Gasteiger charge is -2.02. The lowest BCUT2D eigenvalue weighted by atomic mass is 10.2. The number of ether oxygens (including phenoxy) is 1. The molecule has 0 N–H and O–H groups in total. The van der Waals surface area contributed by atoms with Crippen LogP contribution in [0, 0.1) is 6.92 Å². The van der Waals surface area contributed by atoms with Crippen LogP contribution >= 0.6 is 15.9 Å². The Bertz CT molecular complexity index is 325. The van der Waals surface area contributed by atoms with E-state index in [0.717, 1.165) is 10.2 Å². The van der Waals surface area contributed by atoms with E-state index >= 15 is 0 Å². The SMILES string of the molecule is C=C=COc1ccc(C)cc1Br. The molecule has 0 saturated heterocycles. The van der Waals surface area contributed by atoms with E-state index in [1.165, 1.54) is 11.8 Å². The van der Waals surface area contributed by atoms with Crippen LogP contribution in [0.25, 0.3) is 0 Å². The van der Waals surface area contributed by atoms with E-state index < -0.39 is 0 Å². The van der Waals surface area contributed by atoms with Gasteiger partial charge in [0.25, 0.3) is 0 Å². The molecule has 0 bridgehead atoms. The molecular weight excluding hydrogens is 216 g/mol. The van der Waals surface area contributed by atoms with Crippen molar-refractivity contribution in [2.45, 2.75) is 6.92 Å². The van der Waals surface area contributed by atoms with Gasteiger partial charge in [0, 0.05) is 0 Å². The average Bonchev–Trinajstić information content (AvgIpc) is 2.03. The van der Waals surface area contributed by atoms with E-state index in [1.807, 2.05) is 25.1 Å². The molecule has 0 radical (unpaired) electrons. The molecule has 0 aliphatic heterocycles. The van der Waals surface area contributed by atoms with Crippen LogP contribution in [-0.2, 0) is 0 Å². The molecule has 0 saturated carbocycles. The fraction of sp³-hybridized carbons (Fsp3) is 0.100. The Morgan fingerprint density at radius 3 is 2.92 bits per heavy atom. The van der Waals surface area contributed by atoms with Crippen molar-refractivity contribution in [3.63, 3.8) is 0 Å². The zero-order valence-electron chi connectivity index (χ0n) is 6.80. The maximum Gasteiger partial charge on any atom is 0.141 e. The predicted octanol–water partition coefficient (Wildman–Crippen LogP) is 3.43. The van der Waals surface area contributed by atoms with Crippen LogP contribution in [-0.4, -0.2) is 0 Å². The summed E-state index contributed by atoms with van der Waals surface area (Å²) in [5.74, 6) is 0.775. The summed E-state index contributed by atoms with van der Waals surface area (Å²) in [4.78, 5) is 0. The monoisotopic (exact) mass is 224 g/mol. The van der Waals surface area contributed by atoms with Gasteiger partial charge in [-0.25, -0.2) is 0 Å². The highest BCUT2D eigenvalue weighted by Gasteiger charge is 1.97. The summed E-state index contributed by atoms with van der Waals surface area (Å²) in [5.41, 5.74) is 3.73. The minimum absolute atomic E-state index is 0.775. The van der Waals surface area contributed by atoms with Gasteiger partial charge in [0.1, 0.15) is 12.0 Å². The fourth-order valence-corrected chi connectivity index (χ4v) is 1.39. The molecule has 0 fully saturated rings. The van der Waals surface area contributed by atoms with Crippen LogP contribution in [0.3, 0.4) is 0 Å². The van der Waals surface area contributed by atoms with Gasteiger partial charge in [-0.05, 0) is 40.5 Å². The van der Waals surface area contributed by atoms with Crippen molar-refractivity contribution in [1.29, 1.82) is 0 Å². The van der Waals surface area contributed by atoms with E-state index in [0.29, 0.717) is 0 Å². The predicted molar refractivity (Wildman–Crippen MR) is 53.2 cm³/mol. The van der Waals surface area contributed by atoms with Gasteiger partial charge in [0.2, 0.25) is 0 Å². The number of aryl methyl sites for hydroxylation is 1. The summed E-state index contributed by atoms with van der Waals surface area (Å²) in [6.45, 7) is 5.43. The highest BCUT2D eigenvalue weighted by atomic mass is 79.9. The van der Waals surface area contributed by atoms with Crippen molar-refractivity contribution in [2.75, 3.05) is 0 Å². The van der Waals surface area contributed by atoms with Crippen molar-refractivity contribution < 1.29 is 4.74 Å². The first-order valence-corrected chi connectivity index (χ1v) is 4.30. The van der Waals surface area contributed by atoms with Gasteiger partial charge in [-0.1, -0.05) is 18.4 Å². The second-order valence-corrected chi connectivity index (χ2v) is 3.23. The average molecular weight is 225 g/mol. The highest BCUT2D eigenvalue weighted by molar-refractivity contribution is 9.10. The minimum Gasteiger partial charge on any atom is -0.456 e. The summed E-state index contributed by atoms with van der Waals surface area (Å²) < 4.78 is 6.13. The largest absolute Gasteiger partial charge is 0.456 e. The Morgan fingerprint density at radius 1 is 1.58 bits per heavy atom. The minimum atomic E-state index is 0.775. The Hall–Kier alpha value is -0.980. The van der Waals surface area contributed by atoms with Gasteiger partial charge in [-0.2, -0.15) is 0 Å². The summed E-state index contributed by atoms with van der Waals surface area (Å²) in [7, 11) is 0. The first-order valence-electron chi connectivity index (χ1n) is 3.51. The number of rotatable bonds is 2. The van der Waals surface area contributed by atoms with Gasteiger partial charge in [-0.3, -0.25) is 0 Å². The molecule has 1 aromatic rings. The van der Waals surface area contributed by atoms with Gasteiger partial charge < -0.3 is 4.74 Å². The molecular formula is C10H9BrO. The van der Waals surface area contributed by atoms with Crippen LogP contribution in [0.1, 0.15) is 5.56 Å². The van der Waals surface area contributed by atoms with Gasteiger partial charge in [0.15, 0.2) is 0 Å². The molecule has 0 aromatic heterocycles. The van der Waals surface area contributed by atoms with E-state index in [9.17, 15) is 0 Å². The molecule has 0 spiro atoms. The third kappa shape index (κ3) is 2.26. The first kappa shape index (κ1) is 9.11. The maximum absolute atomic E-state index is 5.20. The van der Waals surface area contributed by atoms with Crippen LogP contribution in [0.15, 0.2) is 41.2 Å². The van der Waals surface area contributed by atoms with E-state index in [-0.39, 0.29) is 0 Å². The van der Waals surface area contributed by atoms with E-state index in [4.69, 9.17) is 4.74 Å². The second kappa shape index (κ2) is 4.15. The van der Waals surface area contributed by atoms with Crippen LogP contribution in [0.2, 0.25) is 0 Å². The summed E-state index contributed by atoms with van der Waals surface area (Å²) in [5, 5.41) is 0. The maximum atomic E-state index is 5.20. The topological polar surface area (TPSA) is 9.23 Å². The van der Waals surface area contributed by atoms with Crippen molar-refractivity contribution in [2.24, 2.45) is 0 Å². The summed E-state index contributed by atoms with van der Waals surface area (Å²) in [6, 6.07) is 5.87. The molecule has 12 heavy (non-hydrogen) atoms. The highest BCUT2D eigenvalue weighted by Crippen LogP contribution is 2.25. The first-order chi connectivity index (χ1) is 5.74. The van der Waals surface area contributed by atoms with Crippen LogP contribution < -0.4 is 4.74 Å². The molecule has 1 nitrogen and oxygen atoms in total. The Morgan fingerprint density at radius 2 is 2.33 bits per heavy atom. The van der Waals surface area contributed by atoms with Crippen molar-refractivity contribution in [1.82, 2.24) is 0 Å². The molecule has 0 amide bonds. The normalized spacial score (nSPS) is 8.83. The van der Waals surface area contributed by atoms with Gasteiger partial charge in [-0.15, -0.1) is 0 Å². The Kier molecular flexibility index (Phi) is 3.15. The smallest absolute Gasteiger partial charge is 0.141 e. The number of hydrogen-bond acceptors (Lipinski definition) is 1. The summed E-state index contributed by atoms with van der Waals surface area (Å²) in [6.07, 6.45) is 1.43. The van der Waals surface area contributed by atoms with Gasteiger partial charge >= 0.3 is 0 Å². The van der Waals surface area contributed by atoms with Crippen molar-refractivity contribution >= 4 is 15.9 Å². The van der Waals surface area contributed by atoms with Crippen molar-refractivity contribution in [3.8, 4) is 5.75 Å². The molecule has 1 rings (SSSR count). The van der Waals surface area contributed by atoms with Crippen molar-refractivity contribution in [3.05, 3.63) is 46.8 Å². The molecule has 0 unspecified atom stereocenters. The standard InChI is InChI=1S/C10H9BrO/c1-3-6-12-10-5-4-8(2)7-9(10)11/h4-7H,1H2,2H3. The third-order valence-corrected chi connectivity index (χ3v) is 1.98. The fourth-order valence-electron chi connectivity index (χ4n) is 0.807. The Labute approximate surface area is 80.5 Å². The van der Waals surface area contributed by atoms with Crippen LogP contribution in [0.5, 0.6) is 5.75 Å². The van der Waals surface area contributed by atoms with E-state index in [2.05, 4.69) is 28.2 Å². The molecule has 2 heteroatoms. The molecule has 1 aromatic carbocycles. The lowest BCUT2D eigenvalue weighted by molar-refractivity contribution is 0.479. The lowest BCUT2D eigenvalue weighted by Crippen LogP contribution is -1.82. The molecule has 0 atom stereocenters. The van der Waals surface area contributed by atoms with E-state index in [1.54, 1.807) is 0 Å². The number of hydrogen-bond donors (Lipinski definition) is 0. The molecule has 0 aliphatic carbocycles. The van der Waals surface area contributed by atoms with Gasteiger partial charge in [0.05, 0.1) is 4.47 Å². The molecule has 0 heterocycles.